The molecule has 16 rings (SSSR count). The zero-order valence-electron chi connectivity index (χ0n) is 41.6. The minimum Gasteiger partial charge on any atom is -0.0616 e. The summed E-state index contributed by atoms with van der Waals surface area (Å²) in [5.41, 5.74) is 17.1. The highest BCUT2D eigenvalue weighted by molar-refractivity contribution is 6.29. The highest BCUT2D eigenvalue weighted by Crippen LogP contribution is 2.47. The number of hydrogen-bond donors (Lipinski definition) is 0. The lowest BCUT2D eigenvalue weighted by Crippen LogP contribution is -1.92. The summed E-state index contributed by atoms with van der Waals surface area (Å²) in [6.45, 7) is 0. The zero-order valence-corrected chi connectivity index (χ0v) is 41.6. The van der Waals surface area contributed by atoms with Crippen LogP contribution in [0.2, 0.25) is 0 Å². The fraction of sp³-hybridized carbons (Fsp3) is 0. The third-order valence-corrected chi connectivity index (χ3v) is 16.6. The first-order valence-corrected chi connectivity index (χ1v) is 26.5. The van der Waals surface area contributed by atoms with Gasteiger partial charge in [-0.05, 0) is 188 Å². The Balaban J connectivity index is 0.781. The Morgan fingerprint density at radius 2 is 0.395 bits per heavy atom. The van der Waals surface area contributed by atoms with E-state index in [4.69, 9.17) is 0 Å². The highest BCUT2D eigenvalue weighted by Gasteiger charge is 2.20. The van der Waals surface area contributed by atoms with Crippen molar-refractivity contribution in [1.29, 1.82) is 0 Å². The smallest absolute Gasteiger partial charge is 0.00203 e. The van der Waals surface area contributed by atoms with Crippen molar-refractivity contribution in [2.75, 3.05) is 0 Å². The van der Waals surface area contributed by atoms with Crippen molar-refractivity contribution < 1.29 is 0 Å². The maximum absolute atomic E-state index is 2.40. The Hall–Kier alpha value is -9.88. The van der Waals surface area contributed by atoms with Gasteiger partial charge in [0.15, 0.2) is 0 Å². The number of fused-ring (bicyclic) bond motifs is 2. The first kappa shape index (κ1) is 42.6. The summed E-state index contributed by atoms with van der Waals surface area (Å²) >= 11 is 0. The van der Waals surface area contributed by atoms with E-state index in [-0.39, 0.29) is 0 Å². The second-order valence-corrected chi connectivity index (χ2v) is 20.7. The van der Waals surface area contributed by atoms with Gasteiger partial charge in [0.25, 0.3) is 0 Å². The number of hydrogen-bond acceptors (Lipinski definition) is 0. The third kappa shape index (κ3) is 6.64. The van der Waals surface area contributed by atoms with E-state index in [1.165, 1.54) is 164 Å². The molecule has 0 saturated carbocycles. The van der Waals surface area contributed by atoms with Gasteiger partial charge in [-0.2, -0.15) is 0 Å². The molecule has 0 atom stereocenters. The average molecular weight is 959 g/mol. The van der Waals surface area contributed by atoms with Gasteiger partial charge in [-0.25, -0.2) is 0 Å². The molecule has 0 heterocycles. The molecule has 0 spiro atoms. The molecular weight excluding hydrogens is 913 g/mol. The summed E-state index contributed by atoms with van der Waals surface area (Å²) in [6, 6.07) is 104. The molecule has 0 radical (unpaired) electrons. The van der Waals surface area contributed by atoms with Gasteiger partial charge in [-0.3, -0.25) is 0 Å². The molecule has 0 saturated heterocycles. The quantitative estimate of drug-likeness (QED) is 0.140. The lowest BCUT2D eigenvalue weighted by molar-refractivity contribution is 1.56. The van der Waals surface area contributed by atoms with E-state index in [0.29, 0.717) is 0 Å². The van der Waals surface area contributed by atoms with Gasteiger partial charge in [0.2, 0.25) is 0 Å². The van der Waals surface area contributed by atoms with Crippen LogP contribution in [0.3, 0.4) is 0 Å². The minimum atomic E-state index is 1.19. The van der Waals surface area contributed by atoms with Crippen molar-refractivity contribution in [3.63, 3.8) is 0 Å². The maximum Gasteiger partial charge on any atom is -0.00203 e. The predicted octanol–water partition coefficient (Wildman–Crippen LogP) is 21.5. The number of benzene rings is 16. The summed E-state index contributed by atoms with van der Waals surface area (Å²) in [4.78, 5) is 0. The molecular formula is C76H46. The Bertz CT molecular complexity index is 4680. The highest BCUT2D eigenvalue weighted by atomic mass is 14.2. The molecule has 0 heteroatoms. The van der Waals surface area contributed by atoms with E-state index in [9.17, 15) is 0 Å². The monoisotopic (exact) mass is 958 g/mol. The first-order chi connectivity index (χ1) is 37.7. The van der Waals surface area contributed by atoms with Gasteiger partial charge in [0.05, 0.1) is 0 Å². The van der Waals surface area contributed by atoms with Crippen LogP contribution in [0.1, 0.15) is 0 Å². The van der Waals surface area contributed by atoms with Crippen molar-refractivity contribution >= 4 is 86.2 Å². The Kier molecular flexibility index (Phi) is 9.44. The summed E-state index contributed by atoms with van der Waals surface area (Å²) in [6.07, 6.45) is 0. The van der Waals surface area contributed by atoms with E-state index in [2.05, 4.69) is 279 Å². The Morgan fingerprint density at radius 3 is 0.750 bits per heavy atom. The van der Waals surface area contributed by atoms with Gasteiger partial charge in [0.1, 0.15) is 0 Å². The van der Waals surface area contributed by atoms with Crippen molar-refractivity contribution in [1.82, 2.24) is 0 Å². The van der Waals surface area contributed by atoms with Crippen LogP contribution < -0.4 is 0 Å². The van der Waals surface area contributed by atoms with E-state index >= 15 is 0 Å². The first-order valence-electron chi connectivity index (χ1n) is 26.5. The van der Waals surface area contributed by atoms with Crippen LogP contribution in [0.15, 0.2) is 279 Å². The van der Waals surface area contributed by atoms with Crippen molar-refractivity contribution in [3.05, 3.63) is 279 Å². The molecule has 0 aliphatic heterocycles. The van der Waals surface area contributed by atoms with Crippen molar-refractivity contribution in [2.24, 2.45) is 0 Å². The van der Waals surface area contributed by atoms with Crippen LogP contribution >= 0.6 is 0 Å². The lowest BCUT2D eigenvalue weighted by atomic mass is 9.85. The third-order valence-electron chi connectivity index (χ3n) is 16.6. The summed E-state index contributed by atoms with van der Waals surface area (Å²) in [5.74, 6) is 0. The molecule has 0 aliphatic rings. The summed E-state index contributed by atoms with van der Waals surface area (Å²) in [5, 5.41) is 20.5. The second-order valence-electron chi connectivity index (χ2n) is 20.7. The molecule has 0 nitrogen and oxygen atoms in total. The second kappa shape index (κ2) is 16.8. The lowest BCUT2D eigenvalue weighted by Gasteiger charge is -2.18. The molecule has 0 fully saturated rings. The molecule has 0 amide bonds. The van der Waals surface area contributed by atoms with E-state index in [0.717, 1.165) is 0 Å². The number of rotatable bonds is 7. The molecule has 16 aromatic carbocycles. The van der Waals surface area contributed by atoms with Crippen molar-refractivity contribution in [2.45, 2.75) is 0 Å². The van der Waals surface area contributed by atoms with E-state index in [1.54, 1.807) is 0 Å². The van der Waals surface area contributed by atoms with Gasteiger partial charge in [-0.15, -0.1) is 0 Å². The normalized spacial score (nSPS) is 11.9. The Morgan fingerprint density at radius 1 is 0.132 bits per heavy atom. The maximum atomic E-state index is 2.40. The fourth-order valence-electron chi connectivity index (χ4n) is 13.0. The molecule has 0 unspecified atom stereocenters. The fourth-order valence-corrected chi connectivity index (χ4v) is 13.0. The molecule has 0 aliphatic carbocycles. The minimum absolute atomic E-state index is 1.19. The van der Waals surface area contributed by atoms with Crippen LogP contribution in [-0.2, 0) is 0 Å². The SMILES string of the molecule is c1cc(-c2ccccc2-c2ccccc2-c2cccc(-c3ccc4ccc5c(-c6ccc7ccccc7c6)ccc6ccc3c4c65)c2)cc(-c2ccc3ccc4c(-c5ccc6ccccc6c5)ccc5ccc2c3c54)c1. The van der Waals surface area contributed by atoms with Gasteiger partial charge < -0.3 is 0 Å². The van der Waals surface area contributed by atoms with Gasteiger partial charge >= 0.3 is 0 Å². The predicted molar refractivity (Wildman–Crippen MR) is 327 cm³/mol. The largest absolute Gasteiger partial charge is 0.0616 e. The van der Waals surface area contributed by atoms with Crippen LogP contribution in [-0.4, -0.2) is 0 Å². The molecule has 0 bridgehead atoms. The van der Waals surface area contributed by atoms with Gasteiger partial charge in [0, 0.05) is 0 Å². The van der Waals surface area contributed by atoms with Crippen LogP contribution in [0.5, 0.6) is 0 Å². The van der Waals surface area contributed by atoms with Crippen LogP contribution in [0.25, 0.3) is 164 Å². The van der Waals surface area contributed by atoms with E-state index < -0.39 is 0 Å². The molecule has 16 aromatic rings. The zero-order chi connectivity index (χ0) is 49.8. The van der Waals surface area contributed by atoms with Crippen LogP contribution in [0, 0.1) is 0 Å². The van der Waals surface area contributed by atoms with Crippen molar-refractivity contribution in [3.8, 4) is 77.9 Å². The summed E-state index contributed by atoms with van der Waals surface area (Å²) < 4.78 is 0. The molecule has 0 N–H and O–H groups in total. The average Bonchev–Trinajstić information content (AvgIpc) is 3.63. The molecule has 76 heavy (non-hydrogen) atoms. The molecule has 0 aromatic heterocycles. The van der Waals surface area contributed by atoms with Gasteiger partial charge in [-0.1, -0.05) is 255 Å². The van der Waals surface area contributed by atoms with Crippen LogP contribution in [0.4, 0.5) is 0 Å². The molecule has 350 valence electrons. The standard InChI is InChI=1S/C76H46/c1-3-13-53-43-59(25-23-47(53)11-1)65-37-29-51-31-39-69-63(35-27-49-33-41-71(65)75(51)73(49)69)57-17-9-15-55(45-57)61-19-5-7-21-67(61)68-22-8-6-20-62(68)56-16-10-18-58(46-56)64-36-28-50-34-42-72-66(38-30-52-32-40-70(64)74(50)76(52)72)60-26-24-48-12-2-4-14-54(48)44-60/h1-46H. The summed E-state index contributed by atoms with van der Waals surface area (Å²) in [7, 11) is 0. The van der Waals surface area contributed by atoms with E-state index in [1.807, 2.05) is 0 Å². The topological polar surface area (TPSA) is 0 Å². The Labute approximate surface area is 440 Å².